The molecule has 0 unspecified atom stereocenters. The molecule has 0 atom stereocenters. The third-order valence-electron chi connectivity index (χ3n) is 3.76. The van der Waals surface area contributed by atoms with E-state index >= 15 is 0 Å². The number of rotatable bonds is 6. The first kappa shape index (κ1) is 17.4. The standard InChI is InChI=1S/C19H22N4OS/c1-13(2)11-17-21-14(3)18(25-17)19(24)22-16-9-10-20-23(16)12-15-7-5-4-6-8-15/h4-10,13H,11-12H2,1-3H3,(H,22,24). The van der Waals surface area contributed by atoms with E-state index in [-0.39, 0.29) is 5.91 Å². The summed E-state index contributed by atoms with van der Waals surface area (Å²) in [7, 11) is 0. The van der Waals surface area contributed by atoms with Crippen molar-refractivity contribution in [3.05, 3.63) is 63.7 Å². The molecule has 2 aromatic heterocycles. The van der Waals surface area contributed by atoms with E-state index in [1.165, 1.54) is 11.3 Å². The predicted octanol–water partition coefficient (Wildman–Crippen LogP) is 4.15. The van der Waals surface area contributed by atoms with Gasteiger partial charge in [0, 0.05) is 12.5 Å². The predicted molar refractivity (Wildman–Crippen MR) is 101 cm³/mol. The van der Waals surface area contributed by atoms with Crippen LogP contribution >= 0.6 is 11.3 Å². The number of nitrogens with one attached hydrogen (secondary N) is 1. The molecule has 0 radical (unpaired) electrons. The average molecular weight is 354 g/mol. The second-order valence-electron chi connectivity index (χ2n) is 6.43. The van der Waals surface area contributed by atoms with Crippen LogP contribution in [0.3, 0.4) is 0 Å². The summed E-state index contributed by atoms with van der Waals surface area (Å²) in [5.74, 6) is 1.08. The summed E-state index contributed by atoms with van der Waals surface area (Å²) in [6, 6.07) is 11.9. The first-order chi connectivity index (χ1) is 12.0. The third kappa shape index (κ3) is 4.33. The van der Waals surface area contributed by atoms with Crippen molar-refractivity contribution in [2.75, 3.05) is 5.32 Å². The topological polar surface area (TPSA) is 59.8 Å². The van der Waals surface area contributed by atoms with Gasteiger partial charge in [-0.2, -0.15) is 5.10 Å². The van der Waals surface area contributed by atoms with Crippen molar-refractivity contribution in [3.63, 3.8) is 0 Å². The molecule has 3 rings (SSSR count). The van der Waals surface area contributed by atoms with E-state index in [9.17, 15) is 4.79 Å². The molecule has 0 saturated heterocycles. The molecule has 0 saturated carbocycles. The van der Waals surface area contributed by atoms with Crippen LogP contribution in [0.15, 0.2) is 42.6 Å². The smallest absolute Gasteiger partial charge is 0.268 e. The Balaban J connectivity index is 1.74. The number of carbonyl (C=O) groups excluding carboxylic acids is 1. The number of anilines is 1. The van der Waals surface area contributed by atoms with Crippen molar-refractivity contribution in [2.24, 2.45) is 5.92 Å². The summed E-state index contributed by atoms with van der Waals surface area (Å²) in [5, 5.41) is 8.29. The molecular formula is C19H22N4OS. The first-order valence-corrected chi connectivity index (χ1v) is 9.18. The molecule has 0 aliphatic rings. The van der Waals surface area contributed by atoms with Crippen LogP contribution in [0.4, 0.5) is 5.82 Å². The van der Waals surface area contributed by atoms with Gasteiger partial charge in [0.15, 0.2) is 0 Å². The number of aromatic nitrogens is 3. The minimum absolute atomic E-state index is 0.125. The fourth-order valence-electron chi connectivity index (χ4n) is 2.59. The van der Waals surface area contributed by atoms with Gasteiger partial charge in [-0.3, -0.25) is 4.79 Å². The fraction of sp³-hybridized carbons (Fsp3) is 0.316. The summed E-state index contributed by atoms with van der Waals surface area (Å²) in [6.45, 7) is 6.80. The van der Waals surface area contributed by atoms with Crippen molar-refractivity contribution in [1.29, 1.82) is 0 Å². The van der Waals surface area contributed by atoms with Crippen LogP contribution < -0.4 is 5.32 Å². The highest BCUT2D eigenvalue weighted by molar-refractivity contribution is 7.13. The molecule has 0 bridgehead atoms. The largest absolute Gasteiger partial charge is 0.306 e. The van der Waals surface area contributed by atoms with Crippen LogP contribution in [-0.4, -0.2) is 20.7 Å². The van der Waals surface area contributed by atoms with Crippen molar-refractivity contribution in [3.8, 4) is 0 Å². The van der Waals surface area contributed by atoms with E-state index in [0.29, 0.717) is 23.2 Å². The van der Waals surface area contributed by atoms with Gasteiger partial charge >= 0.3 is 0 Å². The van der Waals surface area contributed by atoms with Crippen molar-refractivity contribution < 1.29 is 4.79 Å². The number of aryl methyl sites for hydroxylation is 1. The second-order valence-corrected chi connectivity index (χ2v) is 7.52. The molecule has 5 nitrogen and oxygen atoms in total. The average Bonchev–Trinajstić information content (AvgIpc) is 3.14. The number of carbonyl (C=O) groups is 1. The Bertz CT molecular complexity index is 851. The van der Waals surface area contributed by atoms with E-state index < -0.39 is 0 Å². The highest BCUT2D eigenvalue weighted by Gasteiger charge is 2.17. The fourth-order valence-corrected chi connectivity index (χ4v) is 3.77. The highest BCUT2D eigenvalue weighted by atomic mass is 32.1. The van der Waals surface area contributed by atoms with Gasteiger partial charge in [0.25, 0.3) is 5.91 Å². The maximum atomic E-state index is 12.7. The van der Waals surface area contributed by atoms with Gasteiger partial charge in [-0.25, -0.2) is 9.67 Å². The minimum Gasteiger partial charge on any atom is -0.306 e. The zero-order valence-corrected chi connectivity index (χ0v) is 15.5. The molecule has 1 amide bonds. The summed E-state index contributed by atoms with van der Waals surface area (Å²) in [4.78, 5) is 17.9. The molecule has 2 heterocycles. The minimum atomic E-state index is -0.125. The van der Waals surface area contributed by atoms with Crippen LogP contribution in [0, 0.1) is 12.8 Å². The molecule has 0 fully saturated rings. The Morgan fingerprint density at radius 1 is 1.24 bits per heavy atom. The Labute approximate surface area is 151 Å². The molecule has 0 spiro atoms. The monoisotopic (exact) mass is 354 g/mol. The van der Waals surface area contributed by atoms with Crippen LogP contribution in [0.5, 0.6) is 0 Å². The van der Waals surface area contributed by atoms with Crippen LogP contribution in [-0.2, 0) is 13.0 Å². The lowest BCUT2D eigenvalue weighted by Crippen LogP contribution is -2.16. The molecule has 0 aliphatic heterocycles. The maximum Gasteiger partial charge on any atom is 0.268 e. The molecule has 6 heteroatoms. The molecular weight excluding hydrogens is 332 g/mol. The van der Waals surface area contributed by atoms with Gasteiger partial charge in [-0.05, 0) is 18.4 Å². The van der Waals surface area contributed by atoms with Gasteiger partial charge in [-0.1, -0.05) is 44.2 Å². The summed E-state index contributed by atoms with van der Waals surface area (Å²) >= 11 is 1.47. The zero-order chi connectivity index (χ0) is 17.8. The quantitative estimate of drug-likeness (QED) is 0.723. The van der Waals surface area contributed by atoms with Gasteiger partial charge < -0.3 is 5.32 Å². The third-order valence-corrected chi connectivity index (χ3v) is 4.94. The van der Waals surface area contributed by atoms with Crippen LogP contribution in [0.25, 0.3) is 0 Å². The lowest BCUT2D eigenvalue weighted by atomic mass is 10.1. The Morgan fingerprint density at radius 2 is 2.00 bits per heavy atom. The zero-order valence-electron chi connectivity index (χ0n) is 14.7. The first-order valence-electron chi connectivity index (χ1n) is 8.36. The number of amides is 1. The van der Waals surface area contributed by atoms with Crippen molar-refractivity contribution in [2.45, 2.75) is 33.7 Å². The summed E-state index contributed by atoms with van der Waals surface area (Å²) in [5.41, 5.74) is 1.92. The van der Waals surface area contributed by atoms with Crippen molar-refractivity contribution in [1.82, 2.24) is 14.8 Å². The summed E-state index contributed by atoms with van der Waals surface area (Å²) in [6.07, 6.45) is 2.59. The lowest BCUT2D eigenvalue weighted by molar-refractivity contribution is 0.102. The highest BCUT2D eigenvalue weighted by Crippen LogP contribution is 2.22. The van der Waals surface area contributed by atoms with E-state index in [1.54, 1.807) is 10.9 Å². The molecule has 0 aliphatic carbocycles. The lowest BCUT2D eigenvalue weighted by Gasteiger charge is -2.08. The normalized spacial score (nSPS) is 11.0. The van der Waals surface area contributed by atoms with Crippen LogP contribution in [0.2, 0.25) is 0 Å². The second kappa shape index (κ2) is 7.61. The number of thiazole rings is 1. The van der Waals surface area contributed by atoms with Crippen molar-refractivity contribution >= 4 is 23.1 Å². The molecule has 1 N–H and O–H groups in total. The Hall–Kier alpha value is -2.47. The van der Waals surface area contributed by atoms with Gasteiger partial charge in [0.1, 0.15) is 10.7 Å². The van der Waals surface area contributed by atoms with E-state index in [4.69, 9.17) is 0 Å². The SMILES string of the molecule is Cc1nc(CC(C)C)sc1C(=O)Nc1ccnn1Cc1ccccc1. The van der Waals surface area contributed by atoms with Gasteiger partial charge in [0.2, 0.25) is 0 Å². The van der Waals surface area contributed by atoms with E-state index in [0.717, 1.165) is 22.7 Å². The van der Waals surface area contributed by atoms with Gasteiger partial charge in [-0.15, -0.1) is 11.3 Å². The molecule has 1 aromatic carbocycles. The van der Waals surface area contributed by atoms with Crippen LogP contribution in [0.1, 0.15) is 39.8 Å². The van der Waals surface area contributed by atoms with Gasteiger partial charge in [0.05, 0.1) is 23.4 Å². The Morgan fingerprint density at radius 3 is 2.72 bits per heavy atom. The number of hydrogen-bond acceptors (Lipinski definition) is 4. The summed E-state index contributed by atoms with van der Waals surface area (Å²) < 4.78 is 1.79. The maximum absolute atomic E-state index is 12.7. The number of benzene rings is 1. The number of nitrogens with zero attached hydrogens (tertiary/aromatic N) is 3. The molecule has 130 valence electrons. The molecule has 3 aromatic rings. The number of hydrogen-bond donors (Lipinski definition) is 1. The van der Waals surface area contributed by atoms with E-state index in [2.05, 4.69) is 29.2 Å². The van der Waals surface area contributed by atoms with E-state index in [1.807, 2.05) is 43.3 Å². The molecule has 25 heavy (non-hydrogen) atoms. The Kier molecular flexibility index (Phi) is 5.28.